The Morgan fingerprint density at radius 3 is 3.00 bits per heavy atom. The van der Waals surface area contributed by atoms with Crippen LogP contribution in [0.2, 0.25) is 0 Å². The highest BCUT2D eigenvalue weighted by Crippen LogP contribution is 2.09. The maximum atomic E-state index is 5.48. The summed E-state index contributed by atoms with van der Waals surface area (Å²) >= 11 is 1.83. The van der Waals surface area contributed by atoms with Crippen molar-refractivity contribution in [3.05, 3.63) is 0 Å². The van der Waals surface area contributed by atoms with Crippen molar-refractivity contribution in [3.8, 4) is 0 Å². The van der Waals surface area contributed by atoms with Crippen LogP contribution < -0.4 is 5.32 Å². The number of thioether (sulfide) groups is 1. The van der Waals surface area contributed by atoms with E-state index in [1.165, 1.54) is 25.0 Å². The first kappa shape index (κ1) is 12.8. The van der Waals surface area contributed by atoms with Crippen LogP contribution in [0.15, 0.2) is 4.99 Å². The smallest absolute Gasteiger partial charge is 0.156 e. The van der Waals surface area contributed by atoms with Gasteiger partial charge in [-0.25, -0.2) is 0 Å². The molecule has 1 N–H and O–H groups in total. The molecule has 15 heavy (non-hydrogen) atoms. The van der Waals surface area contributed by atoms with Crippen molar-refractivity contribution in [1.82, 2.24) is 5.32 Å². The van der Waals surface area contributed by atoms with E-state index >= 15 is 0 Å². The zero-order valence-electron chi connectivity index (χ0n) is 9.63. The van der Waals surface area contributed by atoms with Gasteiger partial charge in [0, 0.05) is 32.1 Å². The Morgan fingerprint density at radius 1 is 1.40 bits per heavy atom. The Kier molecular flexibility index (Phi) is 7.74. The fourth-order valence-electron chi connectivity index (χ4n) is 1.28. The molecule has 0 amide bonds. The molecule has 0 saturated carbocycles. The fourth-order valence-corrected chi connectivity index (χ4v) is 2.14. The Morgan fingerprint density at radius 2 is 2.27 bits per heavy atom. The van der Waals surface area contributed by atoms with Crippen molar-refractivity contribution in [2.45, 2.75) is 32.6 Å². The van der Waals surface area contributed by atoms with Crippen LogP contribution in [0.5, 0.6) is 0 Å². The second kappa shape index (κ2) is 9.04. The normalized spacial score (nSPS) is 16.2. The first-order valence-corrected chi connectivity index (χ1v) is 6.91. The molecule has 0 spiro atoms. The molecule has 0 saturated heterocycles. The zero-order valence-corrected chi connectivity index (χ0v) is 10.4. The summed E-state index contributed by atoms with van der Waals surface area (Å²) in [5.74, 6) is 1.21. The van der Waals surface area contributed by atoms with Gasteiger partial charge in [0.1, 0.15) is 0 Å². The van der Waals surface area contributed by atoms with E-state index in [9.17, 15) is 0 Å². The number of hydrogen-bond acceptors (Lipinski definition) is 4. The van der Waals surface area contributed by atoms with Crippen LogP contribution in [0.1, 0.15) is 32.6 Å². The number of nitrogens with zero attached hydrogens (tertiary/aromatic N) is 1. The number of unbranched alkanes of at least 4 members (excludes halogenated alkanes) is 1. The number of rotatable bonds is 7. The third-order valence-electron chi connectivity index (χ3n) is 2.18. The van der Waals surface area contributed by atoms with Gasteiger partial charge in [-0.15, -0.1) is 0 Å². The highest BCUT2D eigenvalue weighted by atomic mass is 32.2. The molecule has 1 rings (SSSR count). The molecule has 0 bridgehead atoms. The summed E-state index contributed by atoms with van der Waals surface area (Å²) in [5.41, 5.74) is 0. The third kappa shape index (κ3) is 6.79. The Labute approximate surface area is 97.1 Å². The van der Waals surface area contributed by atoms with Gasteiger partial charge < -0.3 is 10.1 Å². The van der Waals surface area contributed by atoms with Gasteiger partial charge in [0.2, 0.25) is 0 Å². The van der Waals surface area contributed by atoms with Crippen molar-refractivity contribution in [2.24, 2.45) is 4.99 Å². The number of aliphatic imine (C=N–C) groups is 1. The van der Waals surface area contributed by atoms with Crippen LogP contribution in [0.25, 0.3) is 0 Å². The minimum atomic E-state index is 0.866. The Bertz CT molecular complexity index is 185. The minimum absolute atomic E-state index is 0.866. The van der Waals surface area contributed by atoms with Crippen LogP contribution in [0.3, 0.4) is 0 Å². The van der Waals surface area contributed by atoms with Crippen LogP contribution in [-0.2, 0) is 4.74 Å². The van der Waals surface area contributed by atoms with E-state index in [-0.39, 0.29) is 0 Å². The molecule has 1 heterocycles. The lowest BCUT2D eigenvalue weighted by molar-refractivity contribution is 0.129. The lowest BCUT2D eigenvalue weighted by atomic mass is 10.4. The summed E-state index contributed by atoms with van der Waals surface area (Å²) in [6.45, 7) is 5.93. The van der Waals surface area contributed by atoms with E-state index in [2.05, 4.69) is 17.2 Å². The first-order valence-electron chi connectivity index (χ1n) is 5.92. The highest BCUT2D eigenvalue weighted by Gasteiger charge is 2.03. The van der Waals surface area contributed by atoms with Crippen LogP contribution in [0.4, 0.5) is 0 Å². The molecule has 0 aromatic heterocycles. The van der Waals surface area contributed by atoms with E-state index in [1.807, 2.05) is 11.8 Å². The number of ether oxygens (including phenoxy) is 1. The van der Waals surface area contributed by atoms with Gasteiger partial charge in [-0.05, 0) is 19.3 Å². The maximum absolute atomic E-state index is 5.48. The van der Waals surface area contributed by atoms with Gasteiger partial charge in [-0.3, -0.25) is 4.99 Å². The molecule has 0 unspecified atom stereocenters. The standard InChI is InChI=1S/C11H22N2OS/c1-2-3-8-14-9-4-6-12-11-13-7-5-10-15-11/h2-10H2,1H3,(H,12,13). The lowest BCUT2D eigenvalue weighted by Crippen LogP contribution is -2.25. The van der Waals surface area contributed by atoms with Gasteiger partial charge in [0.25, 0.3) is 0 Å². The van der Waals surface area contributed by atoms with Crippen LogP contribution >= 0.6 is 11.8 Å². The predicted molar refractivity (Wildman–Crippen MR) is 67.7 cm³/mol. The third-order valence-corrected chi connectivity index (χ3v) is 3.22. The van der Waals surface area contributed by atoms with E-state index < -0.39 is 0 Å². The molecule has 0 atom stereocenters. The summed E-state index contributed by atoms with van der Waals surface area (Å²) in [4.78, 5) is 4.40. The minimum Gasteiger partial charge on any atom is -0.381 e. The van der Waals surface area contributed by atoms with Crippen molar-refractivity contribution in [3.63, 3.8) is 0 Å². The molecule has 0 aromatic carbocycles. The molecule has 4 heteroatoms. The molecule has 0 radical (unpaired) electrons. The summed E-state index contributed by atoms with van der Waals surface area (Å²) in [6.07, 6.45) is 4.68. The SMILES string of the molecule is CCCCOCCCNC1=NCCCS1. The predicted octanol–water partition coefficient (Wildman–Crippen LogP) is 2.28. The van der Waals surface area contributed by atoms with E-state index in [0.717, 1.165) is 37.9 Å². The molecule has 3 nitrogen and oxygen atoms in total. The second-order valence-corrected chi connectivity index (χ2v) is 4.72. The maximum Gasteiger partial charge on any atom is 0.156 e. The van der Waals surface area contributed by atoms with Gasteiger partial charge in [0.05, 0.1) is 0 Å². The van der Waals surface area contributed by atoms with E-state index in [4.69, 9.17) is 4.74 Å². The second-order valence-electron chi connectivity index (χ2n) is 3.64. The van der Waals surface area contributed by atoms with E-state index in [1.54, 1.807) is 0 Å². The van der Waals surface area contributed by atoms with Gasteiger partial charge >= 0.3 is 0 Å². The summed E-state index contributed by atoms with van der Waals surface area (Å²) in [7, 11) is 0. The lowest BCUT2D eigenvalue weighted by Gasteiger charge is -2.12. The van der Waals surface area contributed by atoms with Crippen molar-refractivity contribution < 1.29 is 4.74 Å². The molecule has 88 valence electrons. The summed E-state index contributed by atoms with van der Waals surface area (Å²) in [5, 5.41) is 4.47. The Balaban J connectivity index is 1.86. The monoisotopic (exact) mass is 230 g/mol. The quantitative estimate of drug-likeness (QED) is 0.681. The van der Waals surface area contributed by atoms with E-state index in [0.29, 0.717) is 0 Å². The van der Waals surface area contributed by atoms with Gasteiger partial charge in [-0.2, -0.15) is 0 Å². The molecule has 0 fully saturated rings. The highest BCUT2D eigenvalue weighted by molar-refractivity contribution is 8.13. The number of nitrogens with one attached hydrogen (secondary N) is 1. The zero-order chi connectivity index (χ0) is 10.8. The topological polar surface area (TPSA) is 33.6 Å². The number of hydrogen-bond donors (Lipinski definition) is 1. The summed E-state index contributed by atoms with van der Waals surface area (Å²) < 4.78 is 5.48. The number of amidine groups is 1. The fraction of sp³-hybridized carbons (Fsp3) is 0.909. The molecule has 1 aliphatic heterocycles. The summed E-state index contributed by atoms with van der Waals surface area (Å²) in [6, 6.07) is 0. The first-order chi connectivity index (χ1) is 7.43. The van der Waals surface area contributed by atoms with Crippen molar-refractivity contribution in [1.29, 1.82) is 0 Å². The van der Waals surface area contributed by atoms with Crippen molar-refractivity contribution in [2.75, 3.05) is 32.1 Å². The molecule has 0 aromatic rings. The van der Waals surface area contributed by atoms with Crippen LogP contribution in [0, 0.1) is 0 Å². The average molecular weight is 230 g/mol. The van der Waals surface area contributed by atoms with Gasteiger partial charge in [-0.1, -0.05) is 25.1 Å². The largest absolute Gasteiger partial charge is 0.381 e. The molecular weight excluding hydrogens is 208 g/mol. The molecule has 1 aliphatic rings. The molecular formula is C11H22N2OS. The van der Waals surface area contributed by atoms with Crippen LogP contribution in [-0.4, -0.2) is 37.2 Å². The van der Waals surface area contributed by atoms with Crippen molar-refractivity contribution >= 4 is 16.9 Å². The average Bonchev–Trinajstić information content (AvgIpc) is 2.29. The van der Waals surface area contributed by atoms with Gasteiger partial charge in [0.15, 0.2) is 5.17 Å². The Hall–Kier alpha value is -0.220. The molecule has 0 aliphatic carbocycles.